The van der Waals surface area contributed by atoms with Crippen molar-refractivity contribution >= 4 is 33.2 Å². The number of rotatable bonds is 2. The van der Waals surface area contributed by atoms with E-state index >= 15 is 0 Å². The summed E-state index contributed by atoms with van der Waals surface area (Å²) in [5.74, 6) is -0.201. The van der Waals surface area contributed by atoms with Crippen LogP contribution in [0.4, 0.5) is 5.69 Å². The summed E-state index contributed by atoms with van der Waals surface area (Å²) in [6, 6.07) is 5.30. The van der Waals surface area contributed by atoms with Gasteiger partial charge in [0.15, 0.2) is 5.65 Å². The molecule has 3 aromatic heterocycles. The highest BCUT2D eigenvalue weighted by Gasteiger charge is 2.09. The number of halogens is 1. The first-order valence-electron chi connectivity index (χ1n) is 5.86. The van der Waals surface area contributed by atoms with E-state index in [1.807, 2.05) is 13.0 Å². The van der Waals surface area contributed by atoms with E-state index in [4.69, 9.17) is 0 Å². The molecule has 0 aliphatic heterocycles. The molecule has 0 bridgehead atoms. The largest absolute Gasteiger partial charge is 0.320 e. The number of fused-ring (bicyclic) bond motifs is 1. The van der Waals surface area contributed by atoms with E-state index in [2.05, 4.69) is 36.4 Å². The van der Waals surface area contributed by atoms with Gasteiger partial charge in [-0.15, -0.1) is 10.2 Å². The summed E-state index contributed by atoms with van der Waals surface area (Å²) in [6.45, 7) is 1.91. The van der Waals surface area contributed by atoms with E-state index in [0.717, 1.165) is 10.2 Å². The molecule has 0 aliphatic carbocycles. The van der Waals surface area contributed by atoms with Gasteiger partial charge in [-0.1, -0.05) is 0 Å². The molecule has 0 spiro atoms. The molecule has 0 fully saturated rings. The first-order valence-corrected chi connectivity index (χ1v) is 6.66. The number of anilines is 1. The number of hydrogen-bond donors (Lipinski definition) is 1. The number of pyridine rings is 2. The van der Waals surface area contributed by atoms with Crippen molar-refractivity contribution in [1.82, 2.24) is 19.6 Å². The van der Waals surface area contributed by atoms with Crippen molar-refractivity contribution in [2.45, 2.75) is 6.92 Å². The topological polar surface area (TPSA) is 72.2 Å². The maximum Gasteiger partial charge on any atom is 0.257 e. The van der Waals surface area contributed by atoms with Crippen LogP contribution in [-0.4, -0.2) is 25.5 Å². The molecule has 0 saturated carbocycles. The standard InChI is InChI=1S/C13H10BrN5O/c1-8-4-11(14)15-5-10(8)17-13(20)9-2-3-12-18-16-7-19(12)6-9/h2-7H,1H3,(H,17,20). The van der Waals surface area contributed by atoms with Gasteiger partial charge in [0, 0.05) is 6.20 Å². The minimum atomic E-state index is -0.201. The van der Waals surface area contributed by atoms with E-state index in [0.29, 0.717) is 16.9 Å². The van der Waals surface area contributed by atoms with Crippen LogP contribution in [0.2, 0.25) is 0 Å². The van der Waals surface area contributed by atoms with Crippen molar-refractivity contribution < 1.29 is 4.79 Å². The van der Waals surface area contributed by atoms with Crippen LogP contribution in [0.25, 0.3) is 5.65 Å². The lowest BCUT2D eigenvalue weighted by atomic mass is 10.2. The first kappa shape index (κ1) is 12.7. The molecule has 1 N–H and O–H groups in total. The number of nitrogens with zero attached hydrogens (tertiary/aromatic N) is 4. The van der Waals surface area contributed by atoms with Crippen LogP contribution in [0, 0.1) is 6.92 Å². The number of carbonyl (C=O) groups excluding carboxylic acids is 1. The molecular weight excluding hydrogens is 322 g/mol. The van der Waals surface area contributed by atoms with Gasteiger partial charge in [0.05, 0.1) is 17.4 Å². The summed E-state index contributed by atoms with van der Waals surface area (Å²) in [5.41, 5.74) is 2.84. The van der Waals surface area contributed by atoms with Crippen LogP contribution in [-0.2, 0) is 0 Å². The Morgan fingerprint density at radius 1 is 1.40 bits per heavy atom. The van der Waals surface area contributed by atoms with Gasteiger partial charge in [-0.3, -0.25) is 9.20 Å². The zero-order valence-corrected chi connectivity index (χ0v) is 12.1. The molecule has 0 aromatic carbocycles. The van der Waals surface area contributed by atoms with Gasteiger partial charge < -0.3 is 5.32 Å². The first-order chi connectivity index (χ1) is 9.63. The maximum absolute atomic E-state index is 12.2. The molecular formula is C13H10BrN5O. The fourth-order valence-corrected chi connectivity index (χ4v) is 2.25. The molecule has 3 aromatic rings. The highest BCUT2D eigenvalue weighted by atomic mass is 79.9. The van der Waals surface area contributed by atoms with Crippen molar-refractivity contribution in [3.05, 3.63) is 52.7 Å². The molecule has 0 saturated heterocycles. The Hall–Kier alpha value is -2.28. The fraction of sp³-hybridized carbons (Fsp3) is 0.0769. The second kappa shape index (κ2) is 5.01. The smallest absolute Gasteiger partial charge is 0.257 e. The predicted octanol–water partition coefficient (Wildman–Crippen LogP) is 2.45. The molecule has 20 heavy (non-hydrogen) atoms. The van der Waals surface area contributed by atoms with Crippen LogP contribution in [0.5, 0.6) is 0 Å². The number of amides is 1. The highest BCUT2D eigenvalue weighted by Crippen LogP contribution is 2.18. The monoisotopic (exact) mass is 331 g/mol. The lowest BCUT2D eigenvalue weighted by molar-refractivity contribution is 0.102. The van der Waals surface area contributed by atoms with Gasteiger partial charge in [-0.2, -0.15) is 0 Å². The van der Waals surface area contributed by atoms with Gasteiger partial charge in [-0.05, 0) is 46.6 Å². The van der Waals surface area contributed by atoms with E-state index in [1.165, 1.54) is 0 Å². The molecule has 3 rings (SSSR count). The van der Waals surface area contributed by atoms with Gasteiger partial charge >= 0.3 is 0 Å². The second-order valence-corrected chi connectivity index (χ2v) is 5.10. The molecule has 0 atom stereocenters. The summed E-state index contributed by atoms with van der Waals surface area (Å²) in [6.07, 6.45) is 4.86. The summed E-state index contributed by atoms with van der Waals surface area (Å²) in [7, 11) is 0. The van der Waals surface area contributed by atoms with Crippen LogP contribution >= 0.6 is 15.9 Å². The second-order valence-electron chi connectivity index (χ2n) is 4.29. The zero-order valence-electron chi connectivity index (χ0n) is 10.5. The summed E-state index contributed by atoms with van der Waals surface area (Å²) >= 11 is 3.29. The Morgan fingerprint density at radius 3 is 3.05 bits per heavy atom. The Morgan fingerprint density at radius 2 is 2.25 bits per heavy atom. The van der Waals surface area contributed by atoms with Gasteiger partial charge in [0.25, 0.3) is 5.91 Å². The predicted molar refractivity (Wildman–Crippen MR) is 77.6 cm³/mol. The fourth-order valence-electron chi connectivity index (χ4n) is 1.81. The third kappa shape index (κ3) is 2.39. The highest BCUT2D eigenvalue weighted by molar-refractivity contribution is 9.10. The number of carbonyl (C=O) groups is 1. The SMILES string of the molecule is Cc1cc(Br)ncc1NC(=O)c1ccc2nncn2c1. The Kier molecular flexibility index (Phi) is 3.19. The van der Waals surface area contributed by atoms with Crippen LogP contribution < -0.4 is 5.32 Å². The molecule has 100 valence electrons. The molecule has 7 heteroatoms. The van der Waals surface area contributed by atoms with E-state index in [-0.39, 0.29) is 5.91 Å². The lowest BCUT2D eigenvalue weighted by Crippen LogP contribution is -2.13. The summed E-state index contributed by atoms with van der Waals surface area (Å²) in [5, 5.41) is 10.5. The van der Waals surface area contributed by atoms with Crippen LogP contribution in [0.1, 0.15) is 15.9 Å². The molecule has 0 radical (unpaired) electrons. The normalized spacial score (nSPS) is 10.7. The van der Waals surface area contributed by atoms with Crippen molar-refractivity contribution in [2.24, 2.45) is 0 Å². The minimum Gasteiger partial charge on any atom is -0.320 e. The molecule has 0 unspecified atom stereocenters. The lowest BCUT2D eigenvalue weighted by Gasteiger charge is -2.08. The zero-order chi connectivity index (χ0) is 14.1. The molecule has 3 heterocycles. The molecule has 1 amide bonds. The van der Waals surface area contributed by atoms with Crippen molar-refractivity contribution in [3.63, 3.8) is 0 Å². The van der Waals surface area contributed by atoms with Gasteiger partial charge in [-0.25, -0.2) is 4.98 Å². The third-order valence-electron chi connectivity index (χ3n) is 2.88. The van der Waals surface area contributed by atoms with Crippen molar-refractivity contribution in [1.29, 1.82) is 0 Å². The summed E-state index contributed by atoms with van der Waals surface area (Å²) < 4.78 is 2.43. The number of aromatic nitrogens is 4. The van der Waals surface area contributed by atoms with E-state index in [9.17, 15) is 4.79 Å². The molecule has 0 aliphatic rings. The van der Waals surface area contributed by atoms with Gasteiger partial charge in [0.1, 0.15) is 10.9 Å². The average Bonchev–Trinajstić information content (AvgIpc) is 2.89. The number of aryl methyl sites for hydroxylation is 1. The molecule has 6 nitrogen and oxygen atoms in total. The number of nitrogens with one attached hydrogen (secondary N) is 1. The maximum atomic E-state index is 12.2. The van der Waals surface area contributed by atoms with Crippen LogP contribution in [0.3, 0.4) is 0 Å². The van der Waals surface area contributed by atoms with Gasteiger partial charge in [0.2, 0.25) is 0 Å². The Bertz CT molecular complexity index is 798. The van der Waals surface area contributed by atoms with Crippen LogP contribution in [0.15, 0.2) is 41.5 Å². The number of hydrogen-bond acceptors (Lipinski definition) is 4. The van der Waals surface area contributed by atoms with Crippen molar-refractivity contribution in [3.8, 4) is 0 Å². The quantitative estimate of drug-likeness (QED) is 0.732. The third-order valence-corrected chi connectivity index (χ3v) is 3.31. The minimum absolute atomic E-state index is 0.201. The summed E-state index contributed by atoms with van der Waals surface area (Å²) in [4.78, 5) is 16.3. The Labute approximate surface area is 123 Å². The van der Waals surface area contributed by atoms with E-state index in [1.54, 1.807) is 35.3 Å². The van der Waals surface area contributed by atoms with Crippen molar-refractivity contribution in [2.75, 3.05) is 5.32 Å². The van der Waals surface area contributed by atoms with E-state index < -0.39 is 0 Å². The average molecular weight is 332 g/mol. The Balaban J connectivity index is 1.88.